The number of imidazole rings is 1. The van der Waals surface area contributed by atoms with Gasteiger partial charge in [0.25, 0.3) is 5.91 Å². The largest absolute Gasteiger partial charge is 0.497 e. The maximum atomic E-state index is 12.9. The number of pyridine rings is 1. The lowest BCUT2D eigenvalue weighted by Gasteiger charge is -2.11. The first-order valence-corrected chi connectivity index (χ1v) is 12.1. The van der Waals surface area contributed by atoms with Gasteiger partial charge >= 0.3 is 6.18 Å². The van der Waals surface area contributed by atoms with Gasteiger partial charge in [-0.25, -0.2) is 14.6 Å². The van der Waals surface area contributed by atoms with Crippen molar-refractivity contribution in [1.82, 2.24) is 24.3 Å². The summed E-state index contributed by atoms with van der Waals surface area (Å²) in [7, 11) is 1.62. The molecule has 3 aromatic heterocycles. The lowest BCUT2D eigenvalue weighted by atomic mass is 10.1. The first-order chi connectivity index (χ1) is 18.6. The van der Waals surface area contributed by atoms with Crippen molar-refractivity contribution in [3.63, 3.8) is 0 Å². The number of nitrogens with one attached hydrogen (secondary N) is 1. The van der Waals surface area contributed by atoms with E-state index >= 15 is 0 Å². The third-order valence-corrected chi connectivity index (χ3v) is 6.58. The van der Waals surface area contributed by atoms with Crippen LogP contribution in [-0.4, -0.2) is 37.3 Å². The van der Waals surface area contributed by atoms with E-state index in [4.69, 9.17) is 16.3 Å². The van der Waals surface area contributed by atoms with Crippen molar-refractivity contribution in [2.24, 2.45) is 0 Å². The van der Waals surface area contributed by atoms with Gasteiger partial charge in [0.2, 0.25) is 0 Å². The zero-order valence-electron chi connectivity index (χ0n) is 20.8. The molecule has 0 saturated carbocycles. The van der Waals surface area contributed by atoms with E-state index in [0.29, 0.717) is 29.8 Å². The molecule has 0 unspecified atom stereocenters. The molecule has 200 valence electrons. The second kappa shape index (κ2) is 10.4. The van der Waals surface area contributed by atoms with Gasteiger partial charge in [-0.15, -0.1) is 0 Å². The SMILES string of the molecule is COc1ccc(Cn2ccnc2Cn2nc(C)c3c(Cl)c(C(=O)Nc4ccc(C(F)(F)F)cc4)cnc32)cc1. The molecule has 0 aliphatic carbocycles. The zero-order chi connectivity index (χ0) is 27.7. The van der Waals surface area contributed by atoms with E-state index in [2.05, 4.69) is 20.4 Å². The Labute approximate surface area is 226 Å². The number of aromatic nitrogens is 5. The molecule has 0 radical (unpaired) electrons. The minimum Gasteiger partial charge on any atom is -0.497 e. The minimum atomic E-state index is -4.47. The molecular weight excluding hydrogens is 533 g/mol. The van der Waals surface area contributed by atoms with Crippen molar-refractivity contribution < 1.29 is 22.7 Å². The Morgan fingerprint density at radius 2 is 1.77 bits per heavy atom. The molecule has 8 nitrogen and oxygen atoms in total. The van der Waals surface area contributed by atoms with Crippen LogP contribution in [0.25, 0.3) is 11.0 Å². The fraction of sp³-hybridized carbons (Fsp3) is 0.185. The highest BCUT2D eigenvalue weighted by atomic mass is 35.5. The first-order valence-electron chi connectivity index (χ1n) is 11.8. The van der Waals surface area contributed by atoms with E-state index in [0.717, 1.165) is 29.3 Å². The fourth-order valence-corrected chi connectivity index (χ4v) is 4.54. The number of carbonyl (C=O) groups excluding carboxylic acids is 1. The van der Waals surface area contributed by atoms with Crippen molar-refractivity contribution in [2.75, 3.05) is 12.4 Å². The van der Waals surface area contributed by atoms with Crippen LogP contribution in [0.3, 0.4) is 0 Å². The average molecular weight is 555 g/mol. The number of carbonyl (C=O) groups is 1. The van der Waals surface area contributed by atoms with E-state index in [1.54, 1.807) is 24.9 Å². The molecule has 12 heteroatoms. The molecule has 0 bridgehead atoms. The fourth-order valence-electron chi connectivity index (χ4n) is 4.18. The molecule has 1 amide bonds. The maximum absolute atomic E-state index is 12.9. The number of hydrogen-bond acceptors (Lipinski definition) is 5. The van der Waals surface area contributed by atoms with E-state index in [1.165, 1.54) is 18.3 Å². The first kappa shape index (κ1) is 26.2. The lowest BCUT2D eigenvalue weighted by molar-refractivity contribution is -0.137. The van der Waals surface area contributed by atoms with Crippen LogP contribution in [0.1, 0.15) is 33.0 Å². The summed E-state index contributed by atoms with van der Waals surface area (Å²) < 4.78 is 47.4. The van der Waals surface area contributed by atoms with Crippen LogP contribution < -0.4 is 10.1 Å². The van der Waals surface area contributed by atoms with E-state index in [1.807, 2.05) is 35.0 Å². The summed E-state index contributed by atoms with van der Waals surface area (Å²) >= 11 is 6.62. The molecule has 0 spiro atoms. The van der Waals surface area contributed by atoms with Crippen LogP contribution in [0.15, 0.2) is 67.1 Å². The van der Waals surface area contributed by atoms with Gasteiger partial charge in [0.15, 0.2) is 5.65 Å². The molecule has 1 N–H and O–H groups in total. The van der Waals surface area contributed by atoms with Crippen LogP contribution in [0.5, 0.6) is 5.75 Å². The summed E-state index contributed by atoms with van der Waals surface area (Å²) in [5.41, 5.74) is 1.58. The van der Waals surface area contributed by atoms with Crippen molar-refractivity contribution in [3.05, 3.63) is 100 Å². The summed E-state index contributed by atoms with van der Waals surface area (Å²) in [4.78, 5) is 21.8. The van der Waals surface area contributed by atoms with Gasteiger partial charge in [0.1, 0.15) is 18.1 Å². The average Bonchev–Trinajstić information content (AvgIpc) is 3.48. The molecule has 39 heavy (non-hydrogen) atoms. The number of amides is 1. The molecule has 0 fully saturated rings. The Bertz CT molecular complexity index is 1640. The molecule has 3 heterocycles. The molecular formula is C27H22ClF3N6O2. The van der Waals surface area contributed by atoms with Gasteiger partial charge in [-0.05, 0) is 48.9 Å². The highest BCUT2D eigenvalue weighted by molar-refractivity contribution is 6.39. The Balaban J connectivity index is 1.37. The Morgan fingerprint density at radius 3 is 2.44 bits per heavy atom. The number of benzene rings is 2. The van der Waals surface area contributed by atoms with E-state index in [9.17, 15) is 18.0 Å². The van der Waals surface area contributed by atoms with Crippen molar-refractivity contribution >= 4 is 34.2 Å². The van der Waals surface area contributed by atoms with Crippen LogP contribution >= 0.6 is 11.6 Å². The summed E-state index contributed by atoms with van der Waals surface area (Å²) in [6.45, 7) is 2.67. The normalized spacial score (nSPS) is 11.6. The van der Waals surface area contributed by atoms with Gasteiger partial charge in [-0.1, -0.05) is 23.7 Å². The highest BCUT2D eigenvalue weighted by Crippen LogP contribution is 2.31. The molecule has 0 saturated heterocycles. The number of ether oxygens (including phenoxy) is 1. The van der Waals surface area contributed by atoms with Gasteiger partial charge < -0.3 is 14.6 Å². The van der Waals surface area contributed by atoms with Crippen LogP contribution in [0.4, 0.5) is 18.9 Å². The molecule has 0 aliphatic rings. The quantitative estimate of drug-likeness (QED) is 0.268. The molecule has 5 rings (SSSR count). The molecule has 2 aromatic carbocycles. The number of fused-ring (bicyclic) bond motifs is 1. The summed E-state index contributed by atoms with van der Waals surface area (Å²) in [5, 5.41) is 7.79. The minimum absolute atomic E-state index is 0.0766. The predicted octanol–water partition coefficient (Wildman–Crippen LogP) is 5.97. The third kappa shape index (κ3) is 5.44. The maximum Gasteiger partial charge on any atom is 0.416 e. The number of nitrogens with zero attached hydrogens (tertiary/aromatic N) is 5. The Morgan fingerprint density at radius 1 is 1.05 bits per heavy atom. The summed E-state index contributed by atoms with van der Waals surface area (Å²) in [6.07, 6.45) is 0.445. The third-order valence-electron chi connectivity index (χ3n) is 6.19. The van der Waals surface area contributed by atoms with Crippen LogP contribution in [-0.2, 0) is 19.3 Å². The second-order valence-electron chi connectivity index (χ2n) is 8.78. The number of alkyl halides is 3. The van der Waals surface area contributed by atoms with Gasteiger partial charge in [0, 0.05) is 30.8 Å². The van der Waals surface area contributed by atoms with Crippen molar-refractivity contribution in [2.45, 2.75) is 26.2 Å². The van der Waals surface area contributed by atoms with Crippen molar-refractivity contribution in [3.8, 4) is 5.75 Å². The Hall–Kier alpha value is -4.38. The number of halogens is 4. The van der Waals surface area contributed by atoms with Crippen LogP contribution in [0.2, 0.25) is 5.02 Å². The molecule has 5 aromatic rings. The standard InChI is InChI=1S/C27H22ClF3N6O2/c1-16-23-24(28)21(26(38)34-19-7-5-18(6-8-19)27(29,30)31)13-33-25(23)37(35-16)15-22-32-11-12-36(22)14-17-3-9-20(39-2)10-4-17/h3-13H,14-15H2,1-2H3,(H,34,38). The molecule has 0 atom stereocenters. The van der Waals surface area contributed by atoms with Crippen molar-refractivity contribution in [1.29, 1.82) is 0 Å². The number of methoxy groups -OCH3 is 1. The van der Waals surface area contributed by atoms with Gasteiger partial charge in [0.05, 0.1) is 34.3 Å². The predicted molar refractivity (Wildman–Crippen MR) is 140 cm³/mol. The number of rotatable bonds is 7. The topological polar surface area (TPSA) is 86.9 Å². The highest BCUT2D eigenvalue weighted by Gasteiger charge is 2.30. The van der Waals surface area contributed by atoms with E-state index < -0.39 is 17.6 Å². The lowest BCUT2D eigenvalue weighted by Crippen LogP contribution is -2.14. The smallest absolute Gasteiger partial charge is 0.416 e. The second-order valence-corrected chi connectivity index (χ2v) is 9.15. The zero-order valence-corrected chi connectivity index (χ0v) is 21.6. The summed E-state index contributed by atoms with van der Waals surface area (Å²) in [6, 6.07) is 11.9. The number of aryl methyl sites for hydroxylation is 1. The summed E-state index contributed by atoms with van der Waals surface area (Å²) in [5.74, 6) is 0.923. The molecule has 0 aliphatic heterocycles. The monoisotopic (exact) mass is 554 g/mol. The Kier molecular flexibility index (Phi) is 7.00. The van der Waals surface area contributed by atoms with Gasteiger partial charge in [-0.2, -0.15) is 18.3 Å². The van der Waals surface area contributed by atoms with Crippen LogP contribution in [0, 0.1) is 6.92 Å². The number of anilines is 1. The number of hydrogen-bond donors (Lipinski definition) is 1. The van der Waals surface area contributed by atoms with E-state index in [-0.39, 0.29) is 16.3 Å². The van der Waals surface area contributed by atoms with Gasteiger partial charge in [-0.3, -0.25) is 4.79 Å².